The summed E-state index contributed by atoms with van der Waals surface area (Å²) in [5.74, 6) is 1.21. The first kappa shape index (κ1) is 23.8. The van der Waals surface area contributed by atoms with Crippen molar-refractivity contribution in [2.75, 3.05) is 51.4 Å². The molecule has 1 fully saturated rings. The predicted octanol–water partition coefficient (Wildman–Crippen LogP) is 2.27. The number of nitrogens with one attached hydrogen (secondary N) is 1. The number of likely N-dealkylation sites (N-methyl/N-ethyl adjacent to an activating group) is 1. The fourth-order valence-electron chi connectivity index (χ4n) is 4.02. The molecule has 1 aliphatic carbocycles. The van der Waals surface area contributed by atoms with Gasteiger partial charge >= 0.3 is 0 Å². The zero-order valence-corrected chi connectivity index (χ0v) is 19.9. The SMILES string of the molecule is CO[C@H]1CN(C)C(=O)c2cc(NS(C)(=O)=O)ccc2OC[C@H](C)N(CC2CC2)C[C@@H]1C. The maximum atomic E-state index is 13.2. The van der Waals surface area contributed by atoms with Crippen molar-refractivity contribution in [2.45, 2.75) is 38.8 Å². The van der Waals surface area contributed by atoms with E-state index >= 15 is 0 Å². The number of hydrogen-bond acceptors (Lipinski definition) is 6. The monoisotopic (exact) mass is 453 g/mol. The minimum absolute atomic E-state index is 0.107. The first-order chi connectivity index (χ1) is 14.6. The Kier molecular flexibility index (Phi) is 7.49. The highest BCUT2D eigenvalue weighted by Gasteiger charge is 2.31. The number of anilines is 1. The van der Waals surface area contributed by atoms with E-state index in [1.165, 1.54) is 12.8 Å². The molecular weight excluding hydrogens is 418 g/mol. The summed E-state index contributed by atoms with van der Waals surface area (Å²) in [5.41, 5.74) is 0.666. The third kappa shape index (κ3) is 6.57. The fourth-order valence-corrected chi connectivity index (χ4v) is 4.57. The quantitative estimate of drug-likeness (QED) is 0.736. The summed E-state index contributed by atoms with van der Waals surface area (Å²) in [7, 11) is -0.0391. The summed E-state index contributed by atoms with van der Waals surface area (Å²) in [5, 5.41) is 0. The molecule has 2 aliphatic rings. The van der Waals surface area contributed by atoms with Crippen molar-refractivity contribution in [3.63, 3.8) is 0 Å². The third-order valence-corrected chi connectivity index (χ3v) is 6.67. The van der Waals surface area contributed by atoms with Gasteiger partial charge in [0.05, 0.1) is 17.9 Å². The van der Waals surface area contributed by atoms with Gasteiger partial charge in [-0.25, -0.2) is 8.42 Å². The van der Waals surface area contributed by atoms with Crippen molar-refractivity contribution in [3.8, 4) is 5.75 Å². The Labute approximate surface area is 185 Å². The second kappa shape index (κ2) is 9.75. The van der Waals surface area contributed by atoms with Gasteiger partial charge in [-0.15, -0.1) is 0 Å². The molecule has 0 radical (unpaired) electrons. The number of benzene rings is 1. The molecule has 1 amide bonds. The van der Waals surface area contributed by atoms with E-state index in [4.69, 9.17) is 9.47 Å². The van der Waals surface area contributed by atoms with Crippen LogP contribution >= 0.6 is 0 Å². The molecule has 0 bridgehead atoms. The van der Waals surface area contributed by atoms with E-state index in [0.717, 1.165) is 25.3 Å². The molecule has 9 heteroatoms. The average molecular weight is 454 g/mol. The number of carbonyl (C=O) groups is 1. The Morgan fingerprint density at radius 2 is 1.94 bits per heavy atom. The van der Waals surface area contributed by atoms with Gasteiger partial charge in [0.15, 0.2) is 0 Å². The normalized spacial score (nSPS) is 26.4. The maximum Gasteiger partial charge on any atom is 0.257 e. The number of rotatable bonds is 5. The summed E-state index contributed by atoms with van der Waals surface area (Å²) >= 11 is 0. The molecule has 1 aromatic carbocycles. The van der Waals surface area contributed by atoms with Crippen LogP contribution in [-0.4, -0.2) is 82.9 Å². The number of sulfonamides is 1. The largest absolute Gasteiger partial charge is 0.491 e. The van der Waals surface area contributed by atoms with E-state index < -0.39 is 10.0 Å². The molecule has 1 aliphatic heterocycles. The van der Waals surface area contributed by atoms with Crippen molar-refractivity contribution in [2.24, 2.45) is 11.8 Å². The van der Waals surface area contributed by atoms with Crippen molar-refractivity contribution >= 4 is 21.6 Å². The summed E-state index contributed by atoms with van der Waals surface area (Å²) in [6.45, 7) is 7.12. The van der Waals surface area contributed by atoms with Crippen LogP contribution < -0.4 is 9.46 Å². The van der Waals surface area contributed by atoms with E-state index in [1.54, 1.807) is 37.3 Å². The van der Waals surface area contributed by atoms with Crippen LogP contribution in [0, 0.1) is 11.8 Å². The predicted molar refractivity (Wildman–Crippen MR) is 121 cm³/mol. The van der Waals surface area contributed by atoms with Gasteiger partial charge < -0.3 is 14.4 Å². The highest BCUT2D eigenvalue weighted by Crippen LogP contribution is 2.32. The highest BCUT2D eigenvalue weighted by atomic mass is 32.2. The molecule has 1 aromatic rings. The number of hydrogen-bond donors (Lipinski definition) is 1. The molecule has 0 spiro atoms. The maximum absolute atomic E-state index is 13.2. The molecule has 0 aromatic heterocycles. The number of amides is 1. The van der Waals surface area contributed by atoms with Crippen LogP contribution in [0.4, 0.5) is 5.69 Å². The second-order valence-electron chi connectivity index (χ2n) is 9.08. The zero-order valence-electron chi connectivity index (χ0n) is 19.1. The molecule has 0 unspecified atom stereocenters. The summed E-state index contributed by atoms with van der Waals surface area (Å²) < 4.78 is 37.6. The standard InChI is InChI=1S/C22H35N3O5S/c1-15-11-25(12-17-6-7-17)16(2)14-30-20-9-8-18(23-31(5,27)28)10-19(20)22(26)24(3)13-21(15)29-4/h8-10,15-17,21,23H,6-7,11-14H2,1-5H3/t15-,16-,21-/m0/s1. The van der Waals surface area contributed by atoms with Gasteiger partial charge in [0.2, 0.25) is 10.0 Å². The molecule has 1 saturated carbocycles. The minimum atomic E-state index is -3.46. The van der Waals surface area contributed by atoms with E-state index in [2.05, 4.69) is 23.5 Å². The summed E-state index contributed by atoms with van der Waals surface area (Å²) in [6, 6.07) is 4.99. The number of fused-ring (bicyclic) bond motifs is 1. The summed E-state index contributed by atoms with van der Waals surface area (Å²) in [4.78, 5) is 17.3. The van der Waals surface area contributed by atoms with Crippen LogP contribution in [0.15, 0.2) is 18.2 Å². The molecule has 0 saturated heterocycles. The number of carbonyl (C=O) groups excluding carboxylic acids is 1. The van der Waals surface area contributed by atoms with Gasteiger partial charge in [0.25, 0.3) is 5.91 Å². The first-order valence-corrected chi connectivity index (χ1v) is 12.7. The zero-order chi connectivity index (χ0) is 22.8. The van der Waals surface area contributed by atoms with E-state index in [-0.39, 0.29) is 24.0 Å². The molecule has 3 atom stereocenters. The Morgan fingerprint density at radius 3 is 2.55 bits per heavy atom. The van der Waals surface area contributed by atoms with Crippen LogP contribution in [0.5, 0.6) is 5.75 Å². The lowest BCUT2D eigenvalue weighted by atomic mass is 10.0. The Morgan fingerprint density at radius 1 is 1.23 bits per heavy atom. The average Bonchev–Trinajstić information content (AvgIpc) is 3.51. The molecule has 1 N–H and O–H groups in total. The Bertz CT molecular complexity index is 887. The number of methoxy groups -OCH3 is 1. The van der Waals surface area contributed by atoms with Crippen molar-refractivity contribution in [1.82, 2.24) is 9.80 Å². The molecule has 1 heterocycles. The Balaban J connectivity index is 1.93. The van der Waals surface area contributed by atoms with Gasteiger partial charge in [0.1, 0.15) is 12.4 Å². The van der Waals surface area contributed by atoms with Crippen molar-refractivity contribution < 1.29 is 22.7 Å². The molecule has 31 heavy (non-hydrogen) atoms. The molecule has 8 nitrogen and oxygen atoms in total. The van der Waals surface area contributed by atoms with Crippen LogP contribution in [0.3, 0.4) is 0 Å². The van der Waals surface area contributed by atoms with E-state index in [1.807, 2.05) is 0 Å². The lowest BCUT2D eigenvalue weighted by Crippen LogP contribution is -2.47. The van der Waals surface area contributed by atoms with Gasteiger partial charge in [-0.1, -0.05) is 6.92 Å². The van der Waals surface area contributed by atoms with Crippen molar-refractivity contribution in [3.05, 3.63) is 23.8 Å². The highest BCUT2D eigenvalue weighted by molar-refractivity contribution is 7.92. The van der Waals surface area contributed by atoms with Crippen LogP contribution in [0.2, 0.25) is 0 Å². The summed E-state index contributed by atoms with van der Waals surface area (Å²) in [6.07, 6.45) is 3.53. The Hall–Kier alpha value is -1.84. The van der Waals surface area contributed by atoms with Gasteiger partial charge in [-0.3, -0.25) is 14.4 Å². The van der Waals surface area contributed by atoms with Gasteiger partial charge in [0, 0.05) is 45.5 Å². The fraction of sp³-hybridized carbons (Fsp3) is 0.682. The first-order valence-electron chi connectivity index (χ1n) is 10.8. The third-order valence-electron chi connectivity index (χ3n) is 6.07. The number of nitrogens with zero attached hydrogens (tertiary/aromatic N) is 2. The smallest absolute Gasteiger partial charge is 0.257 e. The van der Waals surface area contributed by atoms with Crippen LogP contribution in [-0.2, 0) is 14.8 Å². The lowest BCUT2D eigenvalue weighted by molar-refractivity contribution is 0.00994. The molecular formula is C22H35N3O5S. The molecule has 3 rings (SSSR count). The van der Waals surface area contributed by atoms with Crippen LogP contribution in [0.25, 0.3) is 0 Å². The second-order valence-corrected chi connectivity index (χ2v) is 10.8. The minimum Gasteiger partial charge on any atom is -0.491 e. The van der Waals surface area contributed by atoms with E-state index in [9.17, 15) is 13.2 Å². The van der Waals surface area contributed by atoms with E-state index in [0.29, 0.717) is 30.2 Å². The lowest BCUT2D eigenvalue weighted by Gasteiger charge is -2.36. The number of ether oxygens (including phenoxy) is 2. The van der Waals surface area contributed by atoms with Gasteiger partial charge in [-0.2, -0.15) is 0 Å². The van der Waals surface area contributed by atoms with Crippen LogP contribution in [0.1, 0.15) is 37.0 Å². The molecule has 174 valence electrons. The topological polar surface area (TPSA) is 88.2 Å². The van der Waals surface area contributed by atoms with Crippen molar-refractivity contribution in [1.29, 1.82) is 0 Å². The van der Waals surface area contributed by atoms with Gasteiger partial charge in [-0.05, 0) is 49.8 Å².